The molecule has 1 aromatic carbocycles. The Labute approximate surface area is 150 Å². The number of rotatable bonds is 2. The molecule has 4 rings (SSSR count). The first kappa shape index (κ1) is 17.1. The normalized spacial score (nSPS) is 12.0. The SMILES string of the molecule is COc1ccc2c(c1)c(=O)n(C)c1cc(-c3ccnc(C(F)(F)F)c3)nn21. The third kappa shape index (κ3) is 2.71. The average Bonchev–Trinajstić information content (AvgIpc) is 3.11. The minimum Gasteiger partial charge on any atom is -0.497 e. The van der Waals surface area contributed by atoms with Crippen molar-refractivity contribution in [3.8, 4) is 17.0 Å². The van der Waals surface area contributed by atoms with E-state index >= 15 is 0 Å². The first-order chi connectivity index (χ1) is 12.8. The highest BCUT2D eigenvalue weighted by molar-refractivity contribution is 5.83. The second-order valence-electron chi connectivity index (χ2n) is 5.97. The summed E-state index contributed by atoms with van der Waals surface area (Å²) in [6, 6.07) is 8.93. The van der Waals surface area contributed by atoms with Crippen molar-refractivity contribution in [3.05, 3.63) is 58.6 Å². The van der Waals surface area contributed by atoms with Gasteiger partial charge in [0.2, 0.25) is 0 Å². The maximum Gasteiger partial charge on any atom is 0.433 e. The van der Waals surface area contributed by atoms with Gasteiger partial charge in [-0.3, -0.25) is 14.3 Å². The molecule has 0 saturated heterocycles. The highest BCUT2D eigenvalue weighted by atomic mass is 19.4. The number of nitrogens with zero attached hydrogens (tertiary/aromatic N) is 4. The Kier molecular flexibility index (Phi) is 3.69. The van der Waals surface area contributed by atoms with E-state index in [1.165, 1.54) is 22.3 Å². The van der Waals surface area contributed by atoms with Crippen LogP contribution in [0.3, 0.4) is 0 Å². The van der Waals surface area contributed by atoms with Crippen LogP contribution in [0.1, 0.15) is 5.69 Å². The van der Waals surface area contributed by atoms with E-state index in [1.54, 1.807) is 31.3 Å². The number of halogens is 3. The third-order valence-electron chi connectivity index (χ3n) is 4.35. The molecule has 0 radical (unpaired) electrons. The Morgan fingerprint density at radius 3 is 2.59 bits per heavy atom. The van der Waals surface area contributed by atoms with Crippen LogP contribution in [0.4, 0.5) is 13.2 Å². The van der Waals surface area contributed by atoms with Gasteiger partial charge < -0.3 is 4.74 Å². The van der Waals surface area contributed by atoms with Gasteiger partial charge in [-0.15, -0.1) is 0 Å². The summed E-state index contributed by atoms with van der Waals surface area (Å²) in [6.45, 7) is 0. The Bertz CT molecular complexity index is 1240. The molecular weight excluding hydrogens is 361 g/mol. The van der Waals surface area contributed by atoms with Gasteiger partial charge in [-0.05, 0) is 30.3 Å². The van der Waals surface area contributed by atoms with Gasteiger partial charge in [0.15, 0.2) is 0 Å². The van der Waals surface area contributed by atoms with Gasteiger partial charge in [0.1, 0.15) is 17.1 Å². The zero-order valence-electron chi connectivity index (χ0n) is 14.3. The van der Waals surface area contributed by atoms with Gasteiger partial charge >= 0.3 is 6.18 Å². The molecule has 9 heteroatoms. The number of alkyl halides is 3. The van der Waals surface area contributed by atoms with Crippen molar-refractivity contribution in [1.29, 1.82) is 0 Å². The van der Waals surface area contributed by atoms with E-state index in [0.29, 0.717) is 28.0 Å². The van der Waals surface area contributed by atoms with Crippen LogP contribution >= 0.6 is 0 Å². The van der Waals surface area contributed by atoms with Gasteiger partial charge in [0, 0.05) is 24.9 Å². The second-order valence-corrected chi connectivity index (χ2v) is 5.97. The van der Waals surface area contributed by atoms with Crippen LogP contribution in [-0.4, -0.2) is 26.3 Å². The topological polar surface area (TPSA) is 61.4 Å². The smallest absolute Gasteiger partial charge is 0.433 e. The molecule has 0 aliphatic rings. The third-order valence-corrected chi connectivity index (χ3v) is 4.35. The van der Waals surface area contributed by atoms with E-state index < -0.39 is 11.9 Å². The molecule has 0 saturated carbocycles. The standard InChI is InChI=1S/C18H13F3N4O2/c1-24-16-9-13(10-5-6-22-15(7-10)18(19,20)21)23-25(16)14-4-3-11(27-2)8-12(14)17(24)26/h3-9H,1-2H3. The fraction of sp³-hybridized carbons (Fsp3) is 0.167. The molecule has 0 fully saturated rings. The van der Waals surface area contributed by atoms with Crippen LogP contribution in [0, 0.1) is 0 Å². The van der Waals surface area contributed by atoms with Crippen LogP contribution < -0.4 is 10.3 Å². The number of fused-ring (bicyclic) bond motifs is 3. The molecule has 3 aromatic heterocycles. The summed E-state index contributed by atoms with van der Waals surface area (Å²) < 4.78 is 46.9. The van der Waals surface area contributed by atoms with Crippen LogP contribution in [0.15, 0.2) is 47.4 Å². The van der Waals surface area contributed by atoms with Gasteiger partial charge in [0.05, 0.1) is 23.7 Å². The van der Waals surface area contributed by atoms with E-state index in [2.05, 4.69) is 10.1 Å². The summed E-state index contributed by atoms with van der Waals surface area (Å²) in [5.41, 5.74) is 0.300. The molecular formula is C18H13F3N4O2. The molecule has 0 unspecified atom stereocenters. The highest BCUT2D eigenvalue weighted by Gasteiger charge is 2.32. The molecule has 0 spiro atoms. The number of hydrogen-bond acceptors (Lipinski definition) is 4. The van der Waals surface area contributed by atoms with Crippen LogP contribution in [0.5, 0.6) is 5.75 Å². The maximum absolute atomic E-state index is 12.9. The molecule has 6 nitrogen and oxygen atoms in total. The number of ether oxygens (including phenoxy) is 1. The minimum atomic E-state index is -4.55. The van der Waals surface area contributed by atoms with Crippen LogP contribution in [0.25, 0.3) is 27.8 Å². The number of aromatic nitrogens is 4. The number of methoxy groups -OCH3 is 1. The van der Waals surface area contributed by atoms with E-state index in [1.807, 2.05) is 0 Å². The Morgan fingerprint density at radius 1 is 1.11 bits per heavy atom. The van der Waals surface area contributed by atoms with Gasteiger partial charge in [-0.25, -0.2) is 4.52 Å². The Balaban J connectivity index is 1.99. The van der Waals surface area contributed by atoms with Crippen molar-refractivity contribution in [3.63, 3.8) is 0 Å². The van der Waals surface area contributed by atoms with Gasteiger partial charge in [-0.1, -0.05) is 0 Å². The predicted octanol–water partition coefficient (Wildman–Crippen LogP) is 3.28. The van der Waals surface area contributed by atoms with Crippen molar-refractivity contribution in [2.24, 2.45) is 7.05 Å². The fourth-order valence-corrected chi connectivity index (χ4v) is 2.96. The highest BCUT2D eigenvalue weighted by Crippen LogP contribution is 2.30. The van der Waals surface area contributed by atoms with Crippen molar-refractivity contribution in [1.82, 2.24) is 19.2 Å². The van der Waals surface area contributed by atoms with Crippen molar-refractivity contribution in [2.45, 2.75) is 6.18 Å². The second kappa shape index (κ2) is 5.83. The lowest BCUT2D eigenvalue weighted by Crippen LogP contribution is -2.19. The summed E-state index contributed by atoms with van der Waals surface area (Å²) >= 11 is 0. The summed E-state index contributed by atoms with van der Waals surface area (Å²) in [6.07, 6.45) is -3.46. The zero-order chi connectivity index (χ0) is 19.3. The molecule has 27 heavy (non-hydrogen) atoms. The molecule has 0 atom stereocenters. The first-order valence-corrected chi connectivity index (χ1v) is 7.90. The monoisotopic (exact) mass is 374 g/mol. The van der Waals surface area contributed by atoms with Crippen LogP contribution in [0.2, 0.25) is 0 Å². The van der Waals surface area contributed by atoms with Gasteiger partial charge in [-0.2, -0.15) is 18.3 Å². The summed E-state index contributed by atoms with van der Waals surface area (Å²) in [4.78, 5) is 16.0. The Morgan fingerprint density at radius 2 is 1.89 bits per heavy atom. The number of pyridine rings is 1. The molecule has 0 aliphatic carbocycles. The summed E-state index contributed by atoms with van der Waals surface area (Å²) in [5, 5.41) is 4.81. The average molecular weight is 374 g/mol. The van der Waals surface area contributed by atoms with Crippen LogP contribution in [-0.2, 0) is 13.2 Å². The van der Waals surface area contributed by atoms with Crippen molar-refractivity contribution < 1.29 is 17.9 Å². The fourth-order valence-electron chi connectivity index (χ4n) is 2.96. The molecule has 0 bridgehead atoms. The predicted molar refractivity (Wildman–Crippen MR) is 92.7 cm³/mol. The first-order valence-electron chi connectivity index (χ1n) is 7.90. The largest absolute Gasteiger partial charge is 0.497 e. The Hall–Kier alpha value is -3.36. The molecule has 0 amide bonds. The quantitative estimate of drug-likeness (QED) is 0.540. The van der Waals surface area contributed by atoms with Crippen molar-refractivity contribution in [2.75, 3.05) is 7.11 Å². The summed E-state index contributed by atoms with van der Waals surface area (Å²) in [7, 11) is 3.08. The number of benzene rings is 1. The minimum absolute atomic E-state index is 0.256. The molecule has 138 valence electrons. The van der Waals surface area contributed by atoms with E-state index in [9.17, 15) is 18.0 Å². The lowest BCUT2D eigenvalue weighted by Gasteiger charge is -2.07. The lowest BCUT2D eigenvalue weighted by molar-refractivity contribution is -0.141. The van der Waals surface area contributed by atoms with Gasteiger partial charge in [0.25, 0.3) is 5.56 Å². The number of hydrogen-bond donors (Lipinski definition) is 0. The maximum atomic E-state index is 12.9. The van der Waals surface area contributed by atoms with Crippen molar-refractivity contribution >= 4 is 16.6 Å². The zero-order valence-corrected chi connectivity index (χ0v) is 14.3. The summed E-state index contributed by atoms with van der Waals surface area (Å²) in [5.74, 6) is 0.523. The van der Waals surface area contributed by atoms with E-state index in [4.69, 9.17) is 4.74 Å². The molecule has 4 aromatic rings. The van der Waals surface area contributed by atoms with E-state index in [-0.39, 0.29) is 11.1 Å². The van der Waals surface area contributed by atoms with E-state index in [0.717, 1.165) is 12.3 Å². The lowest BCUT2D eigenvalue weighted by atomic mass is 10.1. The molecule has 3 heterocycles. The number of aryl methyl sites for hydroxylation is 1. The molecule has 0 aliphatic heterocycles. The molecule has 0 N–H and O–H groups in total.